The first-order chi connectivity index (χ1) is 13.5. The number of benzene rings is 1. The molecule has 1 aromatic rings. The normalized spacial score (nSPS) is 22.1. The fraction of sp³-hybridized carbons (Fsp3) is 0.650. The molecule has 1 aliphatic heterocycles. The van der Waals surface area contributed by atoms with Gasteiger partial charge in [0.2, 0.25) is 15.9 Å². The van der Waals surface area contributed by atoms with Crippen LogP contribution in [0.1, 0.15) is 44.9 Å². The van der Waals surface area contributed by atoms with E-state index in [9.17, 15) is 13.2 Å². The zero-order chi connectivity index (χ0) is 20.0. The number of rotatable bonds is 7. The van der Waals surface area contributed by atoms with E-state index in [1.165, 1.54) is 48.5 Å². The van der Waals surface area contributed by atoms with Crippen molar-refractivity contribution in [3.8, 4) is 0 Å². The summed E-state index contributed by atoms with van der Waals surface area (Å²) in [7, 11) is -3.59. The lowest BCUT2D eigenvalue weighted by atomic mass is 9.99. The van der Waals surface area contributed by atoms with Crippen LogP contribution in [0, 0.1) is 5.92 Å². The maximum absolute atomic E-state index is 12.8. The van der Waals surface area contributed by atoms with E-state index < -0.39 is 10.0 Å². The summed E-state index contributed by atoms with van der Waals surface area (Å²) in [5.41, 5.74) is 0. The van der Waals surface area contributed by atoms with Crippen molar-refractivity contribution in [3.05, 3.63) is 29.3 Å². The van der Waals surface area contributed by atoms with Gasteiger partial charge in [-0.05, 0) is 49.9 Å². The van der Waals surface area contributed by atoms with Crippen LogP contribution in [-0.4, -0.2) is 49.3 Å². The van der Waals surface area contributed by atoms with E-state index in [0.29, 0.717) is 24.5 Å². The Kier molecular flexibility index (Phi) is 8.09. The summed E-state index contributed by atoms with van der Waals surface area (Å²) >= 11 is 7.82. The molecule has 1 N–H and O–H groups in total. The van der Waals surface area contributed by atoms with Crippen LogP contribution >= 0.6 is 23.4 Å². The van der Waals surface area contributed by atoms with E-state index in [2.05, 4.69) is 5.32 Å². The van der Waals surface area contributed by atoms with Crippen LogP contribution in [-0.2, 0) is 14.8 Å². The Labute approximate surface area is 177 Å². The minimum Gasteiger partial charge on any atom is -0.355 e. The van der Waals surface area contributed by atoms with Crippen molar-refractivity contribution >= 4 is 39.3 Å². The molecule has 0 aromatic heterocycles. The van der Waals surface area contributed by atoms with Gasteiger partial charge in [-0.15, -0.1) is 0 Å². The highest BCUT2D eigenvalue weighted by atomic mass is 35.5. The van der Waals surface area contributed by atoms with Gasteiger partial charge in [0, 0.05) is 35.7 Å². The smallest absolute Gasteiger partial charge is 0.243 e. The average Bonchev–Trinajstić information content (AvgIpc) is 2.72. The number of amides is 1. The van der Waals surface area contributed by atoms with Crippen LogP contribution in [0.3, 0.4) is 0 Å². The molecule has 2 fully saturated rings. The van der Waals surface area contributed by atoms with Crippen LogP contribution in [0.25, 0.3) is 0 Å². The first-order valence-electron chi connectivity index (χ1n) is 10.1. The summed E-state index contributed by atoms with van der Waals surface area (Å²) in [6, 6.07) is 6.19. The summed E-state index contributed by atoms with van der Waals surface area (Å²) in [5.74, 6) is 0.617. The second kappa shape index (κ2) is 10.3. The fourth-order valence-electron chi connectivity index (χ4n) is 3.91. The molecular formula is C20H29ClN2O3S2. The number of carbonyl (C=O) groups is 1. The number of hydrogen-bond donors (Lipinski definition) is 1. The highest BCUT2D eigenvalue weighted by Crippen LogP contribution is 2.28. The van der Waals surface area contributed by atoms with Gasteiger partial charge in [-0.25, -0.2) is 8.42 Å². The van der Waals surface area contributed by atoms with Crippen molar-refractivity contribution in [1.29, 1.82) is 0 Å². The molecule has 1 heterocycles. The Hall–Kier alpha value is -0.760. The van der Waals surface area contributed by atoms with Gasteiger partial charge in [0.15, 0.2) is 0 Å². The third kappa shape index (κ3) is 5.88. The van der Waals surface area contributed by atoms with Crippen molar-refractivity contribution in [1.82, 2.24) is 9.62 Å². The number of nitrogens with zero attached hydrogens (tertiary/aromatic N) is 1. The molecular weight excluding hydrogens is 416 g/mol. The second-order valence-corrected chi connectivity index (χ2v) is 11.4. The van der Waals surface area contributed by atoms with Gasteiger partial charge >= 0.3 is 0 Å². The quantitative estimate of drug-likeness (QED) is 0.647. The zero-order valence-corrected chi connectivity index (χ0v) is 18.5. The molecule has 156 valence electrons. The zero-order valence-electron chi connectivity index (χ0n) is 16.1. The molecule has 1 aromatic carbocycles. The largest absolute Gasteiger partial charge is 0.355 e. The van der Waals surface area contributed by atoms with Crippen molar-refractivity contribution < 1.29 is 13.2 Å². The highest BCUT2D eigenvalue weighted by Gasteiger charge is 2.33. The van der Waals surface area contributed by atoms with Crippen LogP contribution in [0.5, 0.6) is 0 Å². The lowest BCUT2D eigenvalue weighted by molar-refractivity contribution is -0.125. The molecule has 3 rings (SSSR count). The third-order valence-corrected chi connectivity index (χ3v) is 9.03. The lowest BCUT2D eigenvalue weighted by Gasteiger charge is -2.31. The van der Waals surface area contributed by atoms with Crippen molar-refractivity contribution in [3.63, 3.8) is 0 Å². The van der Waals surface area contributed by atoms with E-state index in [4.69, 9.17) is 11.6 Å². The first-order valence-corrected chi connectivity index (χ1v) is 13.0. The van der Waals surface area contributed by atoms with Gasteiger partial charge in [0.25, 0.3) is 0 Å². The Bertz CT molecular complexity index is 749. The molecule has 1 saturated carbocycles. The standard InChI is InChI=1S/C20H29ClN2O3S2/c21-17-8-10-19(11-9-17)28(25,26)23-13-4-5-16(15-23)20(24)22-12-14-27-18-6-2-1-3-7-18/h8-11,16,18H,1-7,12-15H2,(H,22,24)/t16-/m1/s1. The maximum atomic E-state index is 12.8. The summed E-state index contributed by atoms with van der Waals surface area (Å²) in [6.45, 7) is 1.35. The second-order valence-electron chi connectivity index (χ2n) is 7.58. The Morgan fingerprint density at radius 3 is 2.54 bits per heavy atom. The lowest BCUT2D eigenvalue weighted by Crippen LogP contribution is -2.45. The highest BCUT2D eigenvalue weighted by molar-refractivity contribution is 7.99. The number of sulfonamides is 1. The molecule has 8 heteroatoms. The number of hydrogen-bond acceptors (Lipinski definition) is 4. The molecule has 2 aliphatic rings. The van der Waals surface area contributed by atoms with E-state index in [1.807, 2.05) is 11.8 Å². The number of halogens is 1. The van der Waals surface area contributed by atoms with Crippen LogP contribution < -0.4 is 5.32 Å². The topological polar surface area (TPSA) is 66.5 Å². The third-order valence-electron chi connectivity index (χ3n) is 5.51. The Balaban J connectivity index is 1.48. The SMILES string of the molecule is O=C(NCCSC1CCCCC1)[C@@H]1CCCN(S(=O)(=O)c2ccc(Cl)cc2)C1. The molecule has 1 saturated heterocycles. The van der Waals surface area contributed by atoms with Gasteiger partial charge in [-0.3, -0.25) is 4.79 Å². The molecule has 1 aliphatic carbocycles. The number of piperidine rings is 1. The number of nitrogens with one attached hydrogen (secondary N) is 1. The summed E-state index contributed by atoms with van der Waals surface area (Å²) in [6.07, 6.45) is 8.01. The van der Waals surface area contributed by atoms with Crippen molar-refractivity contribution in [2.45, 2.75) is 55.1 Å². The minimum atomic E-state index is -3.59. The molecule has 0 unspecified atom stereocenters. The summed E-state index contributed by atoms with van der Waals surface area (Å²) < 4.78 is 27.1. The maximum Gasteiger partial charge on any atom is 0.243 e. The summed E-state index contributed by atoms with van der Waals surface area (Å²) in [4.78, 5) is 12.8. The molecule has 0 spiro atoms. The molecule has 1 atom stereocenters. The molecule has 28 heavy (non-hydrogen) atoms. The fourth-order valence-corrected chi connectivity index (χ4v) is 6.78. The van der Waals surface area contributed by atoms with Gasteiger partial charge in [-0.2, -0.15) is 16.1 Å². The van der Waals surface area contributed by atoms with Crippen LogP contribution in [0.2, 0.25) is 5.02 Å². The number of carbonyl (C=O) groups excluding carboxylic acids is 1. The first kappa shape index (κ1) is 21.9. The van der Waals surface area contributed by atoms with Crippen LogP contribution in [0.15, 0.2) is 29.2 Å². The van der Waals surface area contributed by atoms with Crippen LogP contribution in [0.4, 0.5) is 0 Å². The predicted octanol–water partition coefficient (Wildman–Crippen LogP) is 3.92. The molecule has 1 amide bonds. The van der Waals surface area contributed by atoms with E-state index in [0.717, 1.165) is 17.4 Å². The van der Waals surface area contributed by atoms with Gasteiger partial charge in [0.1, 0.15) is 0 Å². The van der Waals surface area contributed by atoms with E-state index in [1.54, 1.807) is 12.1 Å². The minimum absolute atomic E-state index is 0.0275. The van der Waals surface area contributed by atoms with E-state index >= 15 is 0 Å². The van der Waals surface area contributed by atoms with Gasteiger partial charge in [-0.1, -0.05) is 30.9 Å². The van der Waals surface area contributed by atoms with Gasteiger partial charge < -0.3 is 5.32 Å². The summed E-state index contributed by atoms with van der Waals surface area (Å²) in [5, 5.41) is 4.25. The average molecular weight is 445 g/mol. The Morgan fingerprint density at radius 2 is 1.82 bits per heavy atom. The van der Waals surface area contributed by atoms with Crippen molar-refractivity contribution in [2.75, 3.05) is 25.4 Å². The Morgan fingerprint density at radius 1 is 1.11 bits per heavy atom. The monoisotopic (exact) mass is 444 g/mol. The predicted molar refractivity (Wildman–Crippen MR) is 115 cm³/mol. The van der Waals surface area contributed by atoms with Crippen molar-refractivity contribution in [2.24, 2.45) is 5.92 Å². The molecule has 0 radical (unpaired) electrons. The molecule has 5 nitrogen and oxygen atoms in total. The molecule has 0 bridgehead atoms. The van der Waals surface area contributed by atoms with Gasteiger partial charge in [0.05, 0.1) is 10.8 Å². The number of thioether (sulfide) groups is 1. The van der Waals surface area contributed by atoms with E-state index in [-0.39, 0.29) is 23.3 Å².